The molecule has 0 aromatic heterocycles. The Morgan fingerprint density at radius 3 is 0.675 bits per heavy atom. The van der Waals surface area contributed by atoms with E-state index >= 15 is 0 Å². The van der Waals surface area contributed by atoms with E-state index in [-0.39, 0.29) is 23.0 Å². The average Bonchev–Trinajstić information content (AvgIpc) is 0.767. The molecule has 2 N–H and O–H groups in total. The summed E-state index contributed by atoms with van der Waals surface area (Å²) < 4.78 is 78.0. The first-order valence-corrected chi connectivity index (χ1v) is 49.3. The third-order valence-corrected chi connectivity index (χ3v) is 25.5. The van der Waals surface area contributed by atoms with Crippen molar-refractivity contribution in [2.45, 2.75) is 313 Å². The predicted molar refractivity (Wildman–Crippen MR) is 543 cm³/mol. The Morgan fingerprint density at radius 2 is 0.444 bits per heavy atom. The summed E-state index contributed by atoms with van der Waals surface area (Å²) >= 11 is 0. The first-order valence-electron chi connectivity index (χ1n) is 46.5. The lowest BCUT2D eigenvalue weighted by atomic mass is 9.84. The minimum Gasteiger partial charge on any atom is -0.496 e. The van der Waals surface area contributed by atoms with Crippen LogP contribution in [0.4, 0.5) is 0 Å². The molecule has 126 heavy (non-hydrogen) atoms. The van der Waals surface area contributed by atoms with Crippen LogP contribution in [0.15, 0.2) is 259 Å². The number of ether oxygens (including phenoxy) is 2. The van der Waals surface area contributed by atoms with Crippen LogP contribution < -0.4 is 9.47 Å². The summed E-state index contributed by atoms with van der Waals surface area (Å²) in [7, 11) is -5.77. The lowest BCUT2D eigenvalue weighted by Gasteiger charge is -2.22. The standard InChI is InChI=1S/C20H26O2.C19H24.C18H22O6S2.C18H22.2C12H18.C9H12.C8H16/c1-13(2)15-7-9-17(19(11-15)21-5)18-10-8-16(14(3)4)12-20(18)22-6;1-14(2)18-9-5-16(6-10-18)13-17-7-11-19(12-8-17)15(3)4;1-11(2)13-5-7-15(17(9-13)25(19,20)21)16-8-6-14(12(3)4)10-18(16)26(22,23)24;1-13(2)15-5-9-17(10-6-15)18-11-7-16(8-12-18)14(3)4;1-9(2)11-5-7-12(8-6-11)10(3)4;1-9(2)11-6-5-7-12(8-11)10(3)4;1-8(2)9-6-4-3-5-7-9;1-7-3-5-8(2)6-4-7/h7-14H,1-6H3;5-12,14-15H,13H2,1-4H3;5-12H,1-4H3,(H,19,20,21)(H,22,23,24);5-14H,1-4H3;2*5-10H,1-4H3;3-8H,1-2H3;7-8H,3-6H2,1-2H3. The second kappa shape index (κ2) is 52.3. The Balaban J connectivity index is 0.000000262. The van der Waals surface area contributed by atoms with Crippen LogP contribution in [0, 0.1) is 11.8 Å². The van der Waals surface area contributed by atoms with Gasteiger partial charge in [-0.25, -0.2) is 0 Å². The van der Waals surface area contributed by atoms with E-state index in [2.05, 4.69) is 372 Å². The van der Waals surface area contributed by atoms with Gasteiger partial charge < -0.3 is 9.47 Å². The largest absolute Gasteiger partial charge is 0.496 e. The van der Waals surface area contributed by atoms with Gasteiger partial charge in [0.2, 0.25) is 0 Å². The second-order valence-electron chi connectivity index (χ2n) is 38.4. The Labute approximate surface area is 766 Å². The molecule has 1 fully saturated rings. The molecular formula is C116H158O8S2. The van der Waals surface area contributed by atoms with E-state index in [1.807, 2.05) is 33.8 Å². The fraction of sp³-hybridized carbons (Fsp3) is 0.431. The number of rotatable bonds is 22. The summed E-state index contributed by atoms with van der Waals surface area (Å²) in [4.78, 5) is -0.795. The van der Waals surface area contributed by atoms with Crippen molar-refractivity contribution in [2.24, 2.45) is 11.8 Å². The third-order valence-electron chi connectivity index (χ3n) is 23.7. The van der Waals surface area contributed by atoms with Crippen molar-refractivity contribution < 1.29 is 35.4 Å². The zero-order chi connectivity index (χ0) is 94.0. The number of hydrogen-bond acceptors (Lipinski definition) is 6. The van der Waals surface area contributed by atoms with Crippen molar-refractivity contribution in [2.75, 3.05) is 14.2 Å². The van der Waals surface area contributed by atoms with Crippen molar-refractivity contribution in [1.82, 2.24) is 0 Å². The smallest absolute Gasteiger partial charge is 0.295 e. The van der Waals surface area contributed by atoms with Crippen molar-refractivity contribution >= 4 is 20.2 Å². The third kappa shape index (κ3) is 35.5. The van der Waals surface area contributed by atoms with Crippen LogP contribution >= 0.6 is 0 Å². The van der Waals surface area contributed by atoms with Gasteiger partial charge in [0.15, 0.2) is 0 Å². The van der Waals surface area contributed by atoms with Crippen LogP contribution in [-0.4, -0.2) is 40.2 Å². The van der Waals surface area contributed by atoms with Gasteiger partial charge in [-0.1, -0.05) is 444 Å². The minimum absolute atomic E-state index is 0.00825. The molecule has 0 bridgehead atoms. The monoisotopic (exact) mass is 1740 g/mol. The van der Waals surface area contributed by atoms with Gasteiger partial charge in [-0.05, 0) is 214 Å². The van der Waals surface area contributed by atoms with Gasteiger partial charge in [0.1, 0.15) is 21.3 Å². The molecule has 1 aliphatic rings. The van der Waals surface area contributed by atoms with Crippen LogP contribution in [0.25, 0.3) is 33.4 Å². The van der Waals surface area contributed by atoms with Gasteiger partial charge in [0, 0.05) is 22.3 Å². The summed E-state index contributed by atoms with van der Waals surface area (Å²) in [5, 5.41) is 0. The number of methoxy groups -OCH3 is 2. The first kappa shape index (κ1) is 107. The molecule has 0 aliphatic heterocycles. The molecule has 0 heterocycles. The zero-order valence-corrected chi connectivity index (χ0v) is 84.2. The van der Waals surface area contributed by atoms with Crippen LogP contribution in [0.5, 0.6) is 11.5 Å². The van der Waals surface area contributed by atoms with E-state index in [0.717, 1.165) is 40.9 Å². The molecule has 1 aliphatic carbocycles. The molecule has 11 aromatic carbocycles. The topological polar surface area (TPSA) is 127 Å². The molecule has 0 saturated heterocycles. The Morgan fingerprint density at radius 1 is 0.246 bits per heavy atom. The summed E-state index contributed by atoms with van der Waals surface area (Å²) in [6.07, 6.45) is 6.92. The molecule has 682 valence electrons. The molecule has 12 rings (SSSR count). The lowest BCUT2D eigenvalue weighted by Crippen LogP contribution is -2.08. The Kier molecular flexibility index (Phi) is 44.6. The summed E-state index contributed by atoms with van der Waals surface area (Å²) in [5.74, 6) is 10.4. The molecule has 1 saturated carbocycles. The van der Waals surface area contributed by atoms with E-state index in [9.17, 15) is 25.9 Å². The quantitative estimate of drug-likeness (QED) is 0.0643. The zero-order valence-electron chi connectivity index (χ0n) is 82.5. The van der Waals surface area contributed by atoms with E-state index in [0.29, 0.717) is 76.2 Å². The molecule has 0 atom stereocenters. The van der Waals surface area contributed by atoms with Crippen molar-refractivity contribution in [1.29, 1.82) is 0 Å². The lowest BCUT2D eigenvalue weighted by molar-refractivity contribution is 0.308. The molecule has 0 radical (unpaired) electrons. The molecule has 0 unspecified atom stereocenters. The summed E-state index contributed by atoms with van der Waals surface area (Å²) in [6.45, 7) is 61.1. The highest BCUT2D eigenvalue weighted by Gasteiger charge is 2.26. The SMILES string of the molecule is CC(C)c1ccc(-c2ccc(C(C)C)cc2)cc1.CC(C)c1ccc(-c2ccc(C(C)C)cc2S(=O)(=O)O)c(S(=O)(=O)O)c1.CC(C)c1ccc(C(C)C)cc1.CC(C)c1ccc(Cc2ccc(C(C)C)cc2)cc1.CC(C)c1cccc(C(C)C)c1.CC(C)c1ccccc1.CC1CCC(C)CC1.COc1cc(C(C)C)ccc1-c1ccc(C(C)C)cc1OC. The van der Waals surface area contributed by atoms with Gasteiger partial charge in [-0.2, -0.15) is 16.8 Å². The highest BCUT2D eigenvalue weighted by molar-refractivity contribution is 7.86. The predicted octanol–water partition coefficient (Wildman–Crippen LogP) is 34.3. The van der Waals surface area contributed by atoms with Gasteiger partial charge in [-0.15, -0.1) is 0 Å². The van der Waals surface area contributed by atoms with Crippen molar-refractivity contribution in [3.05, 3.63) is 332 Å². The maximum Gasteiger partial charge on any atom is 0.295 e. The van der Waals surface area contributed by atoms with E-state index in [1.165, 1.54) is 133 Å². The van der Waals surface area contributed by atoms with Crippen molar-refractivity contribution in [3.8, 4) is 44.9 Å². The average molecular weight is 1740 g/mol. The van der Waals surface area contributed by atoms with Crippen LogP contribution in [-0.2, 0) is 26.7 Å². The van der Waals surface area contributed by atoms with E-state index in [1.54, 1.807) is 26.4 Å². The molecule has 10 heteroatoms. The fourth-order valence-electron chi connectivity index (χ4n) is 14.5. The van der Waals surface area contributed by atoms with Gasteiger partial charge in [0.05, 0.1) is 14.2 Å². The van der Waals surface area contributed by atoms with Crippen LogP contribution in [0.2, 0.25) is 0 Å². The maximum absolute atomic E-state index is 11.9. The van der Waals surface area contributed by atoms with Crippen LogP contribution in [0.3, 0.4) is 0 Å². The summed E-state index contributed by atoms with van der Waals surface area (Å²) in [5.41, 5.74) is 24.2. The Bertz CT molecular complexity index is 4910. The highest BCUT2D eigenvalue weighted by Crippen LogP contribution is 2.41. The van der Waals surface area contributed by atoms with Gasteiger partial charge in [0.25, 0.3) is 20.2 Å². The van der Waals surface area contributed by atoms with E-state index < -0.39 is 30.0 Å². The molecular weight excluding hydrogens is 1590 g/mol. The van der Waals surface area contributed by atoms with Crippen molar-refractivity contribution in [3.63, 3.8) is 0 Å². The number of benzene rings is 11. The second-order valence-corrected chi connectivity index (χ2v) is 41.2. The fourth-order valence-corrected chi connectivity index (χ4v) is 15.9. The van der Waals surface area contributed by atoms with Gasteiger partial charge >= 0.3 is 0 Å². The van der Waals surface area contributed by atoms with E-state index in [4.69, 9.17) is 9.47 Å². The minimum atomic E-state index is -4.60. The number of hydrogen-bond donors (Lipinski definition) is 2. The molecule has 0 spiro atoms. The summed E-state index contributed by atoms with van der Waals surface area (Å²) in [6, 6.07) is 85.9. The highest BCUT2D eigenvalue weighted by atomic mass is 32.2. The first-order chi connectivity index (χ1) is 59.2. The molecule has 0 amide bonds. The molecule has 11 aromatic rings. The Hall–Kier alpha value is -9.16. The van der Waals surface area contributed by atoms with Gasteiger partial charge in [-0.3, -0.25) is 9.11 Å². The molecule has 8 nitrogen and oxygen atoms in total. The maximum atomic E-state index is 11.9. The normalized spacial score (nSPS) is 13.2. The van der Waals surface area contributed by atoms with Crippen LogP contribution in [0.1, 0.15) is 380 Å².